The van der Waals surface area contributed by atoms with Gasteiger partial charge in [0, 0.05) is 61.2 Å². The monoisotopic (exact) mass is 511 g/mol. The maximum atomic E-state index is 11.3. The summed E-state index contributed by atoms with van der Waals surface area (Å²) in [4.78, 5) is 19.5. The molecule has 0 unspecified atom stereocenters. The summed E-state index contributed by atoms with van der Waals surface area (Å²) in [7, 11) is 3.67. The predicted molar refractivity (Wildman–Crippen MR) is 144 cm³/mol. The van der Waals surface area contributed by atoms with Crippen LogP contribution in [0.4, 0.5) is 0 Å². The molecule has 0 amide bonds. The summed E-state index contributed by atoms with van der Waals surface area (Å²) in [6.07, 6.45) is 8.81. The number of aryl methyl sites for hydroxylation is 1. The number of fused-ring (bicyclic) bond motifs is 1. The van der Waals surface area contributed by atoms with Gasteiger partial charge in [-0.1, -0.05) is 0 Å². The highest BCUT2D eigenvalue weighted by molar-refractivity contribution is 7.99. The lowest BCUT2D eigenvalue weighted by atomic mass is 9.79. The van der Waals surface area contributed by atoms with E-state index in [1.807, 2.05) is 43.1 Å². The van der Waals surface area contributed by atoms with Crippen molar-refractivity contribution in [3.8, 4) is 5.75 Å². The molecule has 4 rings (SSSR count). The quantitative estimate of drug-likeness (QED) is 0.331. The third-order valence-electron chi connectivity index (χ3n) is 7.34. The van der Waals surface area contributed by atoms with Gasteiger partial charge in [-0.2, -0.15) is 0 Å². The minimum Gasteiger partial charge on any atom is -0.497 e. The molecule has 8 heteroatoms. The molecule has 2 aromatic heterocycles. The first-order valence-corrected chi connectivity index (χ1v) is 13.7. The van der Waals surface area contributed by atoms with Crippen molar-refractivity contribution in [1.82, 2.24) is 14.5 Å². The number of ether oxygens (including phenoxy) is 1. The van der Waals surface area contributed by atoms with Crippen LogP contribution in [0.25, 0.3) is 10.9 Å². The molecular formula is C28H37N3O4S. The zero-order valence-electron chi connectivity index (χ0n) is 21.2. The molecule has 3 atom stereocenters. The van der Waals surface area contributed by atoms with E-state index in [1.165, 1.54) is 4.90 Å². The maximum Gasteiger partial charge on any atom is 0.303 e. The summed E-state index contributed by atoms with van der Waals surface area (Å²) >= 11 is 1.87. The molecule has 3 aromatic rings. The Morgan fingerprint density at radius 1 is 1.25 bits per heavy atom. The average Bonchev–Trinajstić information content (AvgIpc) is 3.30. The summed E-state index contributed by atoms with van der Waals surface area (Å²) in [5, 5.41) is 21.3. The number of hydrogen-bond donors (Lipinski definition) is 2. The molecule has 1 aliphatic heterocycles. The van der Waals surface area contributed by atoms with Crippen molar-refractivity contribution < 1.29 is 19.7 Å². The number of thioether (sulfide) groups is 1. The number of likely N-dealkylation sites (tertiary alicyclic amines) is 1. The number of rotatable bonds is 12. The smallest absolute Gasteiger partial charge is 0.303 e. The number of aliphatic hydroxyl groups is 1. The molecule has 3 heterocycles. The second-order valence-corrected chi connectivity index (χ2v) is 10.9. The SMILES string of the molecule is COc1ccc2nccc([C@H](O)CC[C@@H]3CCN(CCSc4ccn(C)c4)C[C@H]3CCC(=O)O)c2c1. The molecule has 1 fully saturated rings. The topological polar surface area (TPSA) is 87.8 Å². The number of carboxylic acids is 1. The Bertz CT molecular complexity index is 1150. The predicted octanol–water partition coefficient (Wildman–Crippen LogP) is 4.99. The number of benzene rings is 1. The molecule has 1 aliphatic rings. The molecule has 194 valence electrons. The van der Waals surface area contributed by atoms with E-state index in [9.17, 15) is 15.0 Å². The molecule has 0 radical (unpaired) electrons. The van der Waals surface area contributed by atoms with Gasteiger partial charge in [0.2, 0.25) is 0 Å². The second kappa shape index (κ2) is 12.6. The van der Waals surface area contributed by atoms with Gasteiger partial charge >= 0.3 is 5.97 Å². The van der Waals surface area contributed by atoms with Gasteiger partial charge in [-0.15, -0.1) is 11.8 Å². The Balaban J connectivity index is 1.35. The number of hydrogen-bond acceptors (Lipinski definition) is 6. The lowest BCUT2D eigenvalue weighted by molar-refractivity contribution is -0.137. The molecule has 7 nitrogen and oxygen atoms in total. The van der Waals surface area contributed by atoms with Crippen LogP contribution in [0.5, 0.6) is 5.75 Å². The standard InChI is InChI=1S/C28H37N3O4S/c1-30-13-11-23(19-30)36-16-15-31-14-10-20(21(18-31)4-8-28(33)34)3-7-27(32)24-9-12-29-26-6-5-22(35-2)17-25(24)26/h5-6,9,11-13,17,19-21,27,32H,3-4,7-8,10,14-16,18H2,1-2H3,(H,33,34)/t20-,21-,27-/m1/s1. The number of pyridine rings is 1. The Labute approximate surface area is 217 Å². The van der Waals surface area contributed by atoms with Gasteiger partial charge < -0.3 is 24.4 Å². The normalized spacial score (nSPS) is 19.4. The Hall–Kier alpha value is -2.55. The second-order valence-electron chi connectivity index (χ2n) is 9.78. The summed E-state index contributed by atoms with van der Waals surface area (Å²) in [5.74, 6) is 1.79. The van der Waals surface area contributed by atoms with Crippen molar-refractivity contribution in [2.24, 2.45) is 18.9 Å². The van der Waals surface area contributed by atoms with Crippen LogP contribution in [0.15, 0.2) is 53.8 Å². The van der Waals surface area contributed by atoms with Crippen molar-refractivity contribution in [2.75, 3.05) is 32.5 Å². The lowest BCUT2D eigenvalue weighted by Gasteiger charge is -2.39. The molecule has 0 aliphatic carbocycles. The zero-order chi connectivity index (χ0) is 25.5. The first-order valence-electron chi connectivity index (χ1n) is 12.7. The van der Waals surface area contributed by atoms with Crippen molar-refractivity contribution in [3.63, 3.8) is 0 Å². The number of aliphatic hydroxyl groups excluding tert-OH is 1. The van der Waals surface area contributed by atoms with Gasteiger partial charge in [0.25, 0.3) is 0 Å². The van der Waals surface area contributed by atoms with E-state index in [0.717, 1.165) is 60.4 Å². The van der Waals surface area contributed by atoms with Crippen molar-refractivity contribution in [1.29, 1.82) is 0 Å². The maximum absolute atomic E-state index is 11.3. The molecule has 0 bridgehead atoms. The zero-order valence-corrected chi connectivity index (χ0v) is 22.0. The molecule has 0 saturated carbocycles. The molecule has 1 aromatic carbocycles. The summed E-state index contributed by atoms with van der Waals surface area (Å²) in [6, 6.07) is 9.76. The fourth-order valence-electron chi connectivity index (χ4n) is 5.32. The molecular weight excluding hydrogens is 474 g/mol. The lowest BCUT2D eigenvalue weighted by Crippen LogP contribution is -2.41. The van der Waals surface area contributed by atoms with E-state index in [0.29, 0.717) is 24.7 Å². The van der Waals surface area contributed by atoms with Crippen LogP contribution >= 0.6 is 11.8 Å². The Morgan fingerprint density at radius 3 is 2.86 bits per heavy atom. The van der Waals surface area contributed by atoms with E-state index in [4.69, 9.17) is 4.74 Å². The fourth-order valence-corrected chi connectivity index (χ4v) is 6.31. The van der Waals surface area contributed by atoms with Crippen LogP contribution in [0.2, 0.25) is 0 Å². The summed E-state index contributed by atoms with van der Waals surface area (Å²) < 4.78 is 7.44. The van der Waals surface area contributed by atoms with Crippen LogP contribution < -0.4 is 4.74 Å². The molecule has 0 spiro atoms. The van der Waals surface area contributed by atoms with Gasteiger partial charge in [-0.05, 0) is 80.0 Å². The molecule has 2 N–H and O–H groups in total. The third-order valence-corrected chi connectivity index (χ3v) is 8.30. The van der Waals surface area contributed by atoms with E-state index in [1.54, 1.807) is 13.3 Å². The highest BCUT2D eigenvalue weighted by atomic mass is 32.2. The largest absolute Gasteiger partial charge is 0.497 e. The van der Waals surface area contributed by atoms with E-state index in [-0.39, 0.29) is 6.42 Å². The highest BCUT2D eigenvalue weighted by Crippen LogP contribution is 2.35. The van der Waals surface area contributed by atoms with Gasteiger partial charge in [-0.3, -0.25) is 9.78 Å². The number of methoxy groups -OCH3 is 1. The molecule has 1 saturated heterocycles. The third kappa shape index (κ3) is 7.02. The highest BCUT2D eigenvalue weighted by Gasteiger charge is 2.30. The summed E-state index contributed by atoms with van der Waals surface area (Å²) in [6.45, 7) is 2.96. The van der Waals surface area contributed by atoms with Crippen LogP contribution in [0.1, 0.15) is 43.8 Å². The molecule has 36 heavy (non-hydrogen) atoms. The van der Waals surface area contributed by atoms with Gasteiger partial charge in [-0.25, -0.2) is 0 Å². The van der Waals surface area contributed by atoms with Gasteiger partial charge in [0.1, 0.15) is 5.75 Å². The van der Waals surface area contributed by atoms with Gasteiger partial charge in [0.15, 0.2) is 0 Å². The van der Waals surface area contributed by atoms with Crippen LogP contribution in [-0.4, -0.2) is 63.1 Å². The van der Waals surface area contributed by atoms with E-state index in [2.05, 4.69) is 32.9 Å². The number of nitrogens with zero attached hydrogens (tertiary/aromatic N) is 3. The van der Waals surface area contributed by atoms with E-state index < -0.39 is 12.1 Å². The first-order chi connectivity index (χ1) is 17.4. The van der Waals surface area contributed by atoms with Crippen molar-refractivity contribution in [3.05, 3.63) is 54.5 Å². The minimum atomic E-state index is -0.734. The minimum absolute atomic E-state index is 0.200. The summed E-state index contributed by atoms with van der Waals surface area (Å²) in [5.41, 5.74) is 1.71. The number of piperidine rings is 1. The van der Waals surface area contributed by atoms with Crippen LogP contribution in [0, 0.1) is 11.8 Å². The van der Waals surface area contributed by atoms with Crippen LogP contribution in [-0.2, 0) is 11.8 Å². The fraction of sp³-hybridized carbons (Fsp3) is 0.500. The van der Waals surface area contributed by atoms with Crippen LogP contribution in [0.3, 0.4) is 0 Å². The number of aliphatic carboxylic acids is 1. The van der Waals surface area contributed by atoms with Gasteiger partial charge in [0.05, 0.1) is 18.7 Å². The first kappa shape index (κ1) is 26.5. The Morgan fingerprint density at radius 2 is 2.11 bits per heavy atom. The van der Waals surface area contributed by atoms with E-state index >= 15 is 0 Å². The number of carbonyl (C=O) groups is 1. The Kier molecular flexibility index (Phi) is 9.29. The van der Waals surface area contributed by atoms with Crippen molar-refractivity contribution >= 4 is 28.6 Å². The number of carboxylic acid groups (broad SMARTS) is 1. The number of aromatic nitrogens is 2. The van der Waals surface area contributed by atoms with Crippen molar-refractivity contribution in [2.45, 2.75) is 43.1 Å². The average molecular weight is 512 g/mol.